The van der Waals surface area contributed by atoms with E-state index in [0.717, 1.165) is 12.8 Å². The van der Waals surface area contributed by atoms with Gasteiger partial charge in [0.1, 0.15) is 0 Å². The van der Waals surface area contributed by atoms with Gasteiger partial charge in [-0.2, -0.15) is 5.26 Å². The molecule has 4 heteroatoms. The second-order valence-corrected chi connectivity index (χ2v) is 5.49. The lowest BCUT2D eigenvalue weighted by Gasteiger charge is -2.28. The zero-order valence-electron chi connectivity index (χ0n) is 8.26. The Kier molecular flexibility index (Phi) is 5.14. The van der Waals surface area contributed by atoms with Crippen molar-refractivity contribution in [1.29, 1.82) is 5.26 Å². The van der Waals surface area contributed by atoms with Gasteiger partial charge in [-0.3, -0.25) is 0 Å². The van der Waals surface area contributed by atoms with Crippen LogP contribution in [0, 0.1) is 11.3 Å². The fraction of sp³-hybridized carbons (Fsp3) is 0.875. The summed E-state index contributed by atoms with van der Waals surface area (Å²) in [7, 11) is 1.44. The molecule has 0 atom stereocenters. The summed E-state index contributed by atoms with van der Waals surface area (Å²) >= 11 is 0. The average molecular weight is 187 g/mol. The van der Waals surface area contributed by atoms with E-state index in [4.69, 9.17) is 14.1 Å². The third-order valence-electron chi connectivity index (χ3n) is 2.36. The summed E-state index contributed by atoms with van der Waals surface area (Å²) in [6, 6.07) is 2.33. The van der Waals surface area contributed by atoms with Gasteiger partial charge in [0, 0.05) is 14.2 Å². The molecule has 0 aliphatic heterocycles. The minimum absolute atomic E-state index is 0.358. The SMILES string of the molecule is CCC(C#N)(CC)[SiH](OC)OC. The molecule has 0 spiro atoms. The number of hydrogen-bond acceptors (Lipinski definition) is 3. The van der Waals surface area contributed by atoms with Crippen LogP contribution in [-0.4, -0.2) is 23.5 Å². The van der Waals surface area contributed by atoms with Crippen molar-refractivity contribution in [3.8, 4) is 6.07 Å². The van der Waals surface area contributed by atoms with E-state index < -0.39 is 9.28 Å². The molecule has 70 valence electrons. The highest BCUT2D eigenvalue weighted by molar-refractivity contribution is 6.49. The van der Waals surface area contributed by atoms with Crippen LogP contribution in [0.2, 0.25) is 5.04 Å². The largest absolute Gasteiger partial charge is 0.399 e. The van der Waals surface area contributed by atoms with Crippen molar-refractivity contribution >= 4 is 9.28 Å². The summed E-state index contributed by atoms with van der Waals surface area (Å²) in [5.74, 6) is 0. The summed E-state index contributed by atoms with van der Waals surface area (Å²) < 4.78 is 10.5. The van der Waals surface area contributed by atoms with Gasteiger partial charge in [-0.15, -0.1) is 0 Å². The van der Waals surface area contributed by atoms with E-state index in [9.17, 15) is 0 Å². The molecule has 0 aromatic heterocycles. The third kappa shape index (κ3) is 2.06. The molecule has 0 aliphatic carbocycles. The smallest absolute Gasteiger partial charge is 0.341 e. The second kappa shape index (κ2) is 5.30. The van der Waals surface area contributed by atoms with Crippen molar-refractivity contribution in [1.82, 2.24) is 0 Å². The van der Waals surface area contributed by atoms with Crippen LogP contribution in [0.3, 0.4) is 0 Å². The van der Waals surface area contributed by atoms with Gasteiger partial charge in [0.2, 0.25) is 0 Å². The molecule has 0 heterocycles. The van der Waals surface area contributed by atoms with E-state index >= 15 is 0 Å². The maximum Gasteiger partial charge on any atom is 0.341 e. The zero-order valence-corrected chi connectivity index (χ0v) is 9.41. The van der Waals surface area contributed by atoms with Gasteiger partial charge in [-0.05, 0) is 12.8 Å². The van der Waals surface area contributed by atoms with Crippen molar-refractivity contribution < 1.29 is 8.85 Å². The van der Waals surface area contributed by atoms with Crippen LogP contribution in [0.4, 0.5) is 0 Å². The van der Waals surface area contributed by atoms with Gasteiger partial charge in [0.25, 0.3) is 0 Å². The first-order valence-electron chi connectivity index (χ1n) is 4.17. The molecule has 12 heavy (non-hydrogen) atoms. The minimum Gasteiger partial charge on any atom is -0.399 e. The normalized spacial score (nSPS) is 11.7. The molecule has 3 nitrogen and oxygen atoms in total. The summed E-state index contributed by atoms with van der Waals surface area (Å²) in [5, 5.41) is 8.68. The average Bonchev–Trinajstić information content (AvgIpc) is 2.14. The Hall–Kier alpha value is -0.373. The summed E-state index contributed by atoms with van der Waals surface area (Å²) in [4.78, 5) is 0. The quantitative estimate of drug-likeness (QED) is 0.614. The van der Waals surface area contributed by atoms with Crippen LogP contribution < -0.4 is 0 Å². The Morgan fingerprint density at radius 3 is 1.75 bits per heavy atom. The first kappa shape index (κ1) is 11.6. The van der Waals surface area contributed by atoms with Crippen LogP contribution in [0.25, 0.3) is 0 Å². The van der Waals surface area contributed by atoms with E-state index in [1.54, 1.807) is 14.2 Å². The highest BCUT2D eigenvalue weighted by Crippen LogP contribution is 2.37. The van der Waals surface area contributed by atoms with Crippen molar-refractivity contribution in [2.75, 3.05) is 14.2 Å². The van der Waals surface area contributed by atoms with Crippen LogP contribution >= 0.6 is 0 Å². The van der Waals surface area contributed by atoms with Crippen LogP contribution in [0.15, 0.2) is 0 Å². The summed E-state index contributed by atoms with van der Waals surface area (Å²) in [5.41, 5.74) is 0. The summed E-state index contributed by atoms with van der Waals surface area (Å²) in [6.45, 7) is 4.01. The van der Waals surface area contributed by atoms with Gasteiger partial charge in [0.05, 0.1) is 11.1 Å². The first-order chi connectivity index (χ1) is 5.70. The fourth-order valence-electron chi connectivity index (χ4n) is 1.34. The van der Waals surface area contributed by atoms with Crippen LogP contribution in [-0.2, 0) is 8.85 Å². The van der Waals surface area contributed by atoms with Gasteiger partial charge in [0.15, 0.2) is 0 Å². The molecular weight excluding hydrogens is 170 g/mol. The number of nitriles is 1. The lowest BCUT2D eigenvalue weighted by atomic mass is 10.0. The Bertz CT molecular complexity index is 159. The van der Waals surface area contributed by atoms with E-state index in [1.165, 1.54) is 0 Å². The highest BCUT2D eigenvalue weighted by atomic mass is 28.3. The van der Waals surface area contributed by atoms with Gasteiger partial charge < -0.3 is 8.85 Å². The third-order valence-corrected chi connectivity index (χ3v) is 5.07. The highest BCUT2D eigenvalue weighted by Gasteiger charge is 2.39. The molecule has 0 aliphatic rings. The lowest BCUT2D eigenvalue weighted by Crippen LogP contribution is -2.35. The molecule has 0 amide bonds. The first-order valence-corrected chi connectivity index (χ1v) is 5.69. The Morgan fingerprint density at radius 2 is 1.67 bits per heavy atom. The van der Waals surface area contributed by atoms with E-state index in [1.807, 2.05) is 13.8 Å². The Morgan fingerprint density at radius 1 is 1.25 bits per heavy atom. The van der Waals surface area contributed by atoms with E-state index in [-0.39, 0.29) is 5.04 Å². The molecule has 0 N–H and O–H groups in total. The van der Waals surface area contributed by atoms with Crippen molar-refractivity contribution in [3.05, 3.63) is 0 Å². The fourth-order valence-corrected chi connectivity index (χ4v) is 3.21. The van der Waals surface area contributed by atoms with E-state index in [2.05, 4.69) is 6.07 Å². The maximum absolute atomic E-state index is 9.03. The Balaban J connectivity index is 4.57. The molecule has 0 unspecified atom stereocenters. The van der Waals surface area contributed by atoms with Gasteiger partial charge in [-0.25, -0.2) is 0 Å². The van der Waals surface area contributed by atoms with Crippen molar-refractivity contribution in [2.24, 2.45) is 0 Å². The number of hydrogen-bond donors (Lipinski definition) is 0. The molecule has 0 saturated carbocycles. The molecule has 0 bridgehead atoms. The maximum atomic E-state index is 9.03. The van der Waals surface area contributed by atoms with E-state index in [0.29, 0.717) is 0 Å². The topological polar surface area (TPSA) is 42.2 Å². The second-order valence-electron chi connectivity index (χ2n) is 2.78. The van der Waals surface area contributed by atoms with Gasteiger partial charge in [-0.1, -0.05) is 13.8 Å². The number of rotatable bonds is 5. The van der Waals surface area contributed by atoms with Crippen molar-refractivity contribution in [3.63, 3.8) is 0 Å². The molecular formula is C8H17NO2Si. The predicted octanol–water partition coefficient (Wildman–Crippen LogP) is 1.58. The summed E-state index contributed by atoms with van der Waals surface area (Å²) in [6.07, 6.45) is 1.61. The van der Waals surface area contributed by atoms with Crippen molar-refractivity contribution in [2.45, 2.75) is 31.7 Å². The molecule has 0 saturated heterocycles. The molecule has 0 fully saturated rings. The molecule has 0 aromatic rings. The van der Waals surface area contributed by atoms with Crippen LogP contribution in [0.5, 0.6) is 0 Å². The number of nitrogens with zero attached hydrogens (tertiary/aromatic N) is 1. The predicted molar refractivity (Wildman–Crippen MR) is 50.1 cm³/mol. The van der Waals surface area contributed by atoms with Crippen LogP contribution in [0.1, 0.15) is 26.7 Å². The molecule has 0 aromatic carbocycles. The monoisotopic (exact) mass is 187 g/mol. The van der Waals surface area contributed by atoms with Gasteiger partial charge >= 0.3 is 9.28 Å². The zero-order chi connectivity index (χ0) is 9.61. The standard InChI is InChI=1S/C8H17NO2Si/c1-5-8(6-2,7-9)12(10-3)11-4/h12H,5-6H2,1-4H3. The Labute approximate surface area is 76.1 Å². The minimum atomic E-state index is -1.80. The molecule has 0 radical (unpaired) electrons. The lowest BCUT2D eigenvalue weighted by molar-refractivity contribution is 0.248. The molecule has 0 rings (SSSR count).